The number of nitrogens with one attached hydrogen (secondary N) is 1. The van der Waals surface area contributed by atoms with Crippen LogP contribution in [0.25, 0.3) is 10.2 Å². The third-order valence-corrected chi connectivity index (χ3v) is 4.53. The normalized spacial score (nSPS) is 12.6. The Morgan fingerprint density at radius 3 is 3.05 bits per heavy atom. The fourth-order valence-corrected chi connectivity index (χ4v) is 3.15. The van der Waals surface area contributed by atoms with Crippen LogP contribution in [0.15, 0.2) is 16.0 Å². The zero-order valence-electron chi connectivity index (χ0n) is 11.6. The maximum Gasteiger partial charge on any atom is 0.316 e. The van der Waals surface area contributed by atoms with Crippen LogP contribution in [0.2, 0.25) is 0 Å². The van der Waals surface area contributed by atoms with E-state index in [1.165, 1.54) is 23.1 Å². The summed E-state index contributed by atoms with van der Waals surface area (Å²) in [5.74, 6) is -0.155. The van der Waals surface area contributed by atoms with Gasteiger partial charge in [-0.1, -0.05) is 18.7 Å². The summed E-state index contributed by atoms with van der Waals surface area (Å²) in [5, 5.41) is 1.05. The number of aromatic nitrogens is 2. The summed E-state index contributed by atoms with van der Waals surface area (Å²) in [6.45, 7) is 5.74. The minimum atomic E-state index is -0.297. The second-order valence-corrected chi connectivity index (χ2v) is 6.64. The van der Waals surface area contributed by atoms with Gasteiger partial charge in [-0.05, 0) is 26.3 Å². The first-order valence-electron chi connectivity index (χ1n) is 6.32. The highest BCUT2D eigenvalue weighted by atomic mass is 32.2. The molecule has 0 aliphatic carbocycles. The summed E-state index contributed by atoms with van der Waals surface area (Å²) >= 11 is 2.65. The van der Waals surface area contributed by atoms with Gasteiger partial charge in [0.05, 0.1) is 17.2 Å². The Hall–Kier alpha value is -1.34. The van der Waals surface area contributed by atoms with Crippen molar-refractivity contribution < 1.29 is 9.53 Å². The predicted octanol–water partition coefficient (Wildman–Crippen LogP) is 2.73. The van der Waals surface area contributed by atoms with Crippen LogP contribution >= 0.6 is 23.1 Å². The Morgan fingerprint density at radius 1 is 1.60 bits per heavy atom. The molecule has 0 spiro atoms. The molecule has 108 valence electrons. The number of rotatable bonds is 5. The monoisotopic (exact) mass is 312 g/mol. The number of hydrogen-bond donors (Lipinski definition) is 1. The van der Waals surface area contributed by atoms with Crippen LogP contribution in [0, 0.1) is 6.92 Å². The van der Waals surface area contributed by atoms with E-state index in [9.17, 15) is 9.59 Å². The van der Waals surface area contributed by atoms with E-state index in [2.05, 4.69) is 9.97 Å². The molecule has 0 fully saturated rings. The van der Waals surface area contributed by atoms with Crippen molar-refractivity contribution in [3.05, 3.63) is 21.3 Å². The predicted molar refractivity (Wildman–Crippen MR) is 81.5 cm³/mol. The van der Waals surface area contributed by atoms with Crippen LogP contribution < -0.4 is 5.56 Å². The number of ether oxygens (including phenoxy) is 1. The van der Waals surface area contributed by atoms with Gasteiger partial charge >= 0.3 is 5.97 Å². The lowest BCUT2D eigenvalue weighted by Gasteiger charge is -2.09. The summed E-state index contributed by atoms with van der Waals surface area (Å²) in [5.41, 5.74) is -0.169. The second-order valence-electron chi connectivity index (χ2n) is 4.44. The minimum Gasteiger partial charge on any atom is -0.462 e. The molecule has 0 bridgehead atoms. The molecule has 0 saturated carbocycles. The molecule has 1 atom stereocenters. The highest BCUT2D eigenvalue weighted by Crippen LogP contribution is 2.22. The fraction of sp³-hybridized carbons (Fsp3) is 0.462. The number of aryl methyl sites for hydroxylation is 1. The molecule has 2 rings (SSSR count). The molecule has 0 aliphatic heterocycles. The Bertz CT molecular complexity index is 678. The third-order valence-electron chi connectivity index (χ3n) is 2.74. The molecule has 5 nitrogen and oxygen atoms in total. The molecular formula is C13H16N2O3S2. The Balaban J connectivity index is 2.07. The van der Waals surface area contributed by atoms with E-state index in [-0.39, 0.29) is 23.4 Å². The van der Waals surface area contributed by atoms with Gasteiger partial charge in [-0.15, -0.1) is 11.3 Å². The van der Waals surface area contributed by atoms with Gasteiger partial charge in [0.1, 0.15) is 4.83 Å². The topological polar surface area (TPSA) is 72.0 Å². The lowest BCUT2D eigenvalue weighted by Crippen LogP contribution is -2.16. The number of aromatic amines is 1. The van der Waals surface area contributed by atoms with E-state index >= 15 is 0 Å². The molecule has 0 saturated heterocycles. The van der Waals surface area contributed by atoms with Gasteiger partial charge in [0, 0.05) is 4.88 Å². The van der Waals surface area contributed by atoms with Crippen molar-refractivity contribution in [3.8, 4) is 0 Å². The maximum absolute atomic E-state index is 11.9. The molecular weight excluding hydrogens is 296 g/mol. The van der Waals surface area contributed by atoms with Crippen molar-refractivity contribution in [1.82, 2.24) is 9.97 Å². The summed E-state index contributed by atoms with van der Waals surface area (Å²) < 4.78 is 5.17. The lowest BCUT2D eigenvalue weighted by atomic mass is 10.3. The van der Waals surface area contributed by atoms with Crippen molar-refractivity contribution in [2.75, 3.05) is 5.75 Å². The number of thiophene rings is 1. The van der Waals surface area contributed by atoms with Gasteiger partial charge in [-0.2, -0.15) is 0 Å². The summed E-state index contributed by atoms with van der Waals surface area (Å²) in [6, 6.07) is 1.82. The molecule has 2 heterocycles. The van der Waals surface area contributed by atoms with Crippen LogP contribution in [0.4, 0.5) is 0 Å². The minimum absolute atomic E-state index is 0.0856. The van der Waals surface area contributed by atoms with Crippen LogP contribution in [0.1, 0.15) is 25.1 Å². The molecule has 0 radical (unpaired) electrons. The largest absolute Gasteiger partial charge is 0.462 e. The standard InChI is InChI=1S/C13H16N2O3S2/c1-4-7(2)18-10(16)6-19-13-14-11(17)9-5-8(3)20-12(9)15-13/h5,7H,4,6H2,1-3H3,(H,14,15,17). The molecule has 2 aromatic heterocycles. The van der Waals surface area contributed by atoms with E-state index in [1.807, 2.05) is 26.8 Å². The van der Waals surface area contributed by atoms with Crippen molar-refractivity contribution >= 4 is 39.3 Å². The highest BCUT2D eigenvalue weighted by molar-refractivity contribution is 7.99. The third kappa shape index (κ3) is 3.61. The quantitative estimate of drug-likeness (QED) is 0.522. The summed E-state index contributed by atoms with van der Waals surface area (Å²) in [4.78, 5) is 32.2. The van der Waals surface area contributed by atoms with Gasteiger partial charge in [-0.3, -0.25) is 9.59 Å². The van der Waals surface area contributed by atoms with E-state index < -0.39 is 0 Å². The Kier molecular flexibility index (Phi) is 4.82. The van der Waals surface area contributed by atoms with Crippen LogP contribution in [0.5, 0.6) is 0 Å². The molecule has 1 N–H and O–H groups in total. The van der Waals surface area contributed by atoms with Crippen molar-refractivity contribution in [2.45, 2.75) is 38.5 Å². The first-order chi connectivity index (χ1) is 9.49. The van der Waals surface area contributed by atoms with Gasteiger partial charge in [0.25, 0.3) is 5.56 Å². The van der Waals surface area contributed by atoms with Crippen molar-refractivity contribution in [1.29, 1.82) is 0 Å². The maximum atomic E-state index is 11.9. The van der Waals surface area contributed by atoms with E-state index in [1.54, 1.807) is 0 Å². The number of carbonyl (C=O) groups is 1. The first kappa shape index (κ1) is 15.1. The number of fused-ring (bicyclic) bond motifs is 1. The van der Waals surface area contributed by atoms with E-state index in [0.29, 0.717) is 15.4 Å². The number of thioether (sulfide) groups is 1. The number of nitrogens with zero attached hydrogens (tertiary/aromatic N) is 1. The smallest absolute Gasteiger partial charge is 0.316 e. The Morgan fingerprint density at radius 2 is 2.35 bits per heavy atom. The zero-order chi connectivity index (χ0) is 14.7. The molecule has 0 aromatic carbocycles. The van der Waals surface area contributed by atoms with Crippen molar-refractivity contribution in [2.24, 2.45) is 0 Å². The van der Waals surface area contributed by atoms with E-state index in [4.69, 9.17) is 4.74 Å². The highest BCUT2D eigenvalue weighted by Gasteiger charge is 2.11. The van der Waals surface area contributed by atoms with Gasteiger partial charge in [0.2, 0.25) is 0 Å². The summed E-state index contributed by atoms with van der Waals surface area (Å²) in [7, 11) is 0. The zero-order valence-corrected chi connectivity index (χ0v) is 13.2. The number of esters is 1. The lowest BCUT2D eigenvalue weighted by molar-refractivity contribution is -0.144. The van der Waals surface area contributed by atoms with Gasteiger partial charge in [-0.25, -0.2) is 4.98 Å². The fourth-order valence-electron chi connectivity index (χ4n) is 1.57. The molecule has 20 heavy (non-hydrogen) atoms. The molecule has 1 unspecified atom stereocenters. The van der Waals surface area contributed by atoms with Crippen LogP contribution in [-0.2, 0) is 9.53 Å². The summed E-state index contributed by atoms with van der Waals surface area (Å²) in [6.07, 6.45) is 0.698. The number of H-pyrrole nitrogens is 1. The second kappa shape index (κ2) is 6.41. The van der Waals surface area contributed by atoms with Crippen LogP contribution in [0.3, 0.4) is 0 Å². The molecule has 7 heteroatoms. The molecule has 0 amide bonds. The van der Waals surface area contributed by atoms with Crippen LogP contribution in [-0.4, -0.2) is 27.8 Å². The molecule has 0 aliphatic rings. The molecule has 2 aromatic rings. The van der Waals surface area contributed by atoms with E-state index in [0.717, 1.165) is 11.3 Å². The van der Waals surface area contributed by atoms with Gasteiger partial charge in [0.15, 0.2) is 5.16 Å². The number of hydrogen-bond acceptors (Lipinski definition) is 6. The average molecular weight is 312 g/mol. The first-order valence-corrected chi connectivity index (χ1v) is 8.12. The Labute approximate surface area is 124 Å². The number of carbonyl (C=O) groups excluding carboxylic acids is 1. The van der Waals surface area contributed by atoms with Crippen molar-refractivity contribution in [3.63, 3.8) is 0 Å². The SMILES string of the molecule is CCC(C)OC(=O)CSc1nc2sc(C)cc2c(=O)[nH]1. The average Bonchev–Trinajstić information content (AvgIpc) is 2.77. The van der Waals surface area contributed by atoms with Gasteiger partial charge < -0.3 is 9.72 Å².